The number of nitrogen functional groups attached to an aromatic ring is 2. The third kappa shape index (κ3) is 8.60. The minimum absolute atomic E-state index is 0.300. The van der Waals surface area contributed by atoms with Gasteiger partial charge >= 0.3 is 0 Å². The maximum Gasteiger partial charge on any atom is 0.225 e. The lowest BCUT2D eigenvalue weighted by molar-refractivity contribution is 0.239. The Morgan fingerprint density at radius 1 is 0.615 bits per heavy atom. The highest BCUT2D eigenvalue weighted by Crippen LogP contribution is 2.25. The van der Waals surface area contributed by atoms with Crippen LogP contribution >= 0.6 is 15.9 Å². The highest BCUT2D eigenvalue weighted by Gasteiger charge is 2.21. The average molecular weight is 932 g/mol. The minimum Gasteiger partial charge on any atom is -0.368 e. The van der Waals surface area contributed by atoms with Crippen LogP contribution in [0.5, 0.6) is 0 Å². The molecule has 8 aromatic heterocycles. The Morgan fingerprint density at radius 2 is 1.15 bits per heavy atom. The van der Waals surface area contributed by atoms with Crippen LogP contribution in [0, 0.1) is 13.8 Å². The molecule has 0 atom stereocenters. The van der Waals surface area contributed by atoms with E-state index in [2.05, 4.69) is 97.4 Å². The van der Waals surface area contributed by atoms with Gasteiger partial charge in [-0.15, -0.1) is 10.2 Å². The van der Waals surface area contributed by atoms with E-state index in [1.165, 1.54) is 33.6 Å². The zero-order valence-electron chi connectivity index (χ0n) is 36.0. The monoisotopic (exact) mass is 930 g/mol. The first-order chi connectivity index (χ1) is 31.8. The molecular formula is C46H47BrN18. The van der Waals surface area contributed by atoms with Crippen molar-refractivity contribution in [1.29, 1.82) is 0 Å². The van der Waals surface area contributed by atoms with Crippen molar-refractivity contribution in [2.75, 3.05) is 36.4 Å². The molecule has 12 rings (SSSR count). The van der Waals surface area contributed by atoms with Crippen molar-refractivity contribution in [3.63, 3.8) is 0 Å². The van der Waals surface area contributed by atoms with E-state index in [9.17, 15) is 0 Å². The Hall–Kier alpha value is -7.22. The number of fused-ring (bicyclic) bond motifs is 8. The molecule has 18 nitrogen and oxygen atoms in total. The zero-order valence-corrected chi connectivity index (χ0v) is 37.6. The van der Waals surface area contributed by atoms with Gasteiger partial charge in [0.05, 0.1) is 36.3 Å². The molecule has 0 spiro atoms. The van der Waals surface area contributed by atoms with Gasteiger partial charge in [-0.1, -0.05) is 88.7 Å². The number of aromatic nitrogens is 14. The predicted octanol–water partition coefficient (Wildman–Crippen LogP) is 5.64. The summed E-state index contributed by atoms with van der Waals surface area (Å²) in [7, 11) is 0. The number of nitrogens with zero attached hydrogens (tertiary/aromatic N) is 15. The summed E-state index contributed by atoms with van der Waals surface area (Å²) in [5.74, 6) is 1.84. The van der Waals surface area contributed by atoms with Crippen LogP contribution in [0.25, 0.3) is 56.1 Å². The van der Waals surface area contributed by atoms with E-state index < -0.39 is 0 Å². The fourth-order valence-corrected chi connectivity index (χ4v) is 8.57. The van der Waals surface area contributed by atoms with Gasteiger partial charge in [-0.05, 0) is 36.1 Å². The average Bonchev–Trinajstić information content (AvgIpc) is 4.15. The standard InChI is InChI=1S/C23H23N9.C14H12BrN7.C9H12N2/c1-15-11-17-14-30(8-7-19(17)25-12-15)9-10-31-21-18(13-26-31)22-27-20(16-5-3-2-4-6-16)29-32(22)23(24)28-21;15-6-7-21-12-10(8-17-21)13-18-11(9-4-2-1-3-5-9)20-22(13)14(16)19-12;1-7-4-8-6-10-3-2-9(8)11-5-7/h2-6,11-13H,7-10,14H2,1H3,(H2,24,28);1-5,8H,6-7H2,(H2,16,19);4-5,10H,2-3,6H2,1H3. The van der Waals surface area contributed by atoms with Gasteiger partial charge in [0.25, 0.3) is 0 Å². The van der Waals surface area contributed by atoms with Crippen LogP contribution in [0.15, 0.2) is 97.6 Å². The summed E-state index contributed by atoms with van der Waals surface area (Å²) in [6.07, 6.45) is 9.51. The largest absolute Gasteiger partial charge is 0.368 e. The SMILES string of the molecule is Cc1cnc2c(c1)CN(CCn1ncc3c1nc(N)n1nc(-c4ccccc4)nc31)CC2.Cc1cnc2c(c1)CNCC2.Nc1nc2c(cnn2CCBr)c2nc(-c3ccccc3)nn12. The van der Waals surface area contributed by atoms with Gasteiger partial charge in [0.1, 0.15) is 0 Å². The van der Waals surface area contributed by atoms with Crippen molar-refractivity contribution in [3.05, 3.63) is 131 Å². The van der Waals surface area contributed by atoms with E-state index in [0.717, 1.165) is 90.6 Å². The second kappa shape index (κ2) is 18.1. The number of benzene rings is 2. The van der Waals surface area contributed by atoms with Crippen LogP contribution < -0.4 is 16.8 Å². The molecule has 5 N–H and O–H groups in total. The first-order valence-corrected chi connectivity index (χ1v) is 22.7. The third-order valence-corrected chi connectivity index (χ3v) is 11.8. The van der Waals surface area contributed by atoms with Gasteiger partial charge in [0.2, 0.25) is 11.9 Å². The minimum atomic E-state index is 0.300. The van der Waals surface area contributed by atoms with Crippen LogP contribution in [0.4, 0.5) is 11.9 Å². The fourth-order valence-electron chi connectivity index (χ4n) is 8.24. The van der Waals surface area contributed by atoms with Crippen LogP contribution in [-0.2, 0) is 39.0 Å². The van der Waals surface area contributed by atoms with E-state index in [0.29, 0.717) is 41.4 Å². The van der Waals surface area contributed by atoms with Crippen LogP contribution in [-0.4, -0.2) is 98.6 Å². The van der Waals surface area contributed by atoms with E-state index in [-0.39, 0.29) is 0 Å². The van der Waals surface area contributed by atoms with Gasteiger partial charge in [0, 0.05) is 85.8 Å². The summed E-state index contributed by atoms with van der Waals surface area (Å²) in [5.41, 5.74) is 24.6. The number of halogens is 1. The van der Waals surface area contributed by atoms with Gasteiger partial charge in [-0.25, -0.2) is 19.3 Å². The summed E-state index contributed by atoms with van der Waals surface area (Å²) < 4.78 is 6.86. The summed E-state index contributed by atoms with van der Waals surface area (Å²) in [4.78, 5) is 29.7. The normalized spacial score (nSPS) is 13.6. The lowest BCUT2D eigenvalue weighted by Crippen LogP contribution is -2.33. The summed E-state index contributed by atoms with van der Waals surface area (Å²) in [6.45, 7) is 10.5. The Balaban J connectivity index is 0.000000129. The molecule has 2 aliphatic heterocycles. The summed E-state index contributed by atoms with van der Waals surface area (Å²) >= 11 is 3.41. The molecule has 328 valence electrons. The lowest BCUT2D eigenvalue weighted by Gasteiger charge is -2.28. The number of hydrogen-bond acceptors (Lipinski definition) is 14. The fraction of sp³-hybridized carbons (Fsp3) is 0.261. The molecule has 0 radical (unpaired) electrons. The molecule has 2 aromatic carbocycles. The van der Waals surface area contributed by atoms with Gasteiger partial charge in [0.15, 0.2) is 34.2 Å². The molecular weight excluding hydrogens is 885 g/mol. The highest BCUT2D eigenvalue weighted by molar-refractivity contribution is 9.09. The van der Waals surface area contributed by atoms with Crippen LogP contribution in [0.1, 0.15) is 33.6 Å². The number of nitrogens with two attached hydrogens (primary N) is 2. The molecule has 0 bridgehead atoms. The second-order valence-corrected chi connectivity index (χ2v) is 16.9. The van der Waals surface area contributed by atoms with Crippen molar-refractivity contribution >= 4 is 61.2 Å². The Bertz CT molecular complexity index is 3280. The van der Waals surface area contributed by atoms with E-state index >= 15 is 0 Å². The quantitative estimate of drug-likeness (QED) is 0.165. The molecule has 0 saturated heterocycles. The number of nitrogens with one attached hydrogen (secondary N) is 1. The van der Waals surface area contributed by atoms with Crippen molar-refractivity contribution in [1.82, 2.24) is 78.9 Å². The van der Waals surface area contributed by atoms with Crippen molar-refractivity contribution in [3.8, 4) is 22.8 Å². The number of hydrogen-bond donors (Lipinski definition) is 3. The van der Waals surface area contributed by atoms with Crippen LogP contribution in [0.2, 0.25) is 0 Å². The van der Waals surface area contributed by atoms with Crippen molar-refractivity contribution < 1.29 is 0 Å². The second-order valence-electron chi connectivity index (χ2n) is 16.1. The maximum atomic E-state index is 6.24. The number of alkyl halides is 1. The van der Waals surface area contributed by atoms with Gasteiger partial charge in [-0.2, -0.15) is 29.2 Å². The van der Waals surface area contributed by atoms with E-state index in [1.54, 1.807) is 26.1 Å². The topological polar surface area (TPSA) is 215 Å². The molecule has 0 saturated carbocycles. The predicted molar refractivity (Wildman–Crippen MR) is 254 cm³/mol. The smallest absolute Gasteiger partial charge is 0.225 e. The van der Waals surface area contributed by atoms with Crippen molar-refractivity contribution in [2.45, 2.75) is 52.9 Å². The first-order valence-electron chi connectivity index (χ1n) is 21.5. The van der Waals surface area contributed by atoms with Crippen LogP contribution in [0.3, 0.4) is 0 Å². The third-order valence-electron chi connectivity index (χ3n) is 11.5. The van der Waals surface area contributed by atoms with Crippen molar-refractivity contribution in [2.24, 2.45) is 0 Å². The number of rotatable bonds is 7. The molecule has 0 aliphatic carbocycles. The lowest BCUT2D eigenvalue weighted by atomic mass is 10.0. The highest BCUT2D eigenvalue weighted by atomic mass is 79.9. The summed E-state index contributed by atoms with van der Waals surface area (Å²) in [6, 6.07) is 24.1. The number of aryl methyl sites for hydroxylation is 3. The first kappa shape index (κ1) is 41.8. The van der Waals surface area contributed by atoms with E-state index in [4.69, 9.17) is 16.5 Å². The molecule has 19 heteroatoms. The zero-order chi connectivity index (χ0) is 44.4. The van der Waals surface area contributed by atoms with Gasteiger partial charge < -0.3 is 16.8 Å². The number of anilines is 2. The Kier molecular flexibility index (Phi) is 11.6. The molecule has 0 amide bonds. The number of pyridine rings is 2. The molecule has 10 aromatic rings. The Morgan fingerprint density at radius 3 is 1.72 bits per heavy atom. The van der Waals surface area contributed by atoms with Gasteiger partial charge in [-0.3, -0.25) is 14.9 Å². The molecule has 65 heavy (non-hydrogen) atoms. The van der Waals surface area contributed by atoms with E-state index in [1.807, 2.05) is 77.7 Å². The molecule has 0 unspecified atom stereocenters. The maximum absolute atomic E-state index is 6.24. The Labute approximate surface area is 381 Å². The molecule has 0 fully saturated rings. The molecule has 10 heterocycles. The molecule has 2 aliphatic rings. The summed E-state index contributed by atoms with van der Waals surface area (Å²) in [5, 5.41) is 23.8.